The first-order valence-electron chi connectivity index (χ1n) is 4.51. The Morgan fingerprint density at radius 2 is 2.20 bits per heavy atom. The summed E-state index contributed by atoms with van der Waals surface area (Å²) >= 11 is 0. The summed E-state index contributed by atoms with van der Waals surface area (Å²) < 4.78 is 5.05. The van der Waals surface area contributed by atoms with Crippen molar-refractivity contribution in [2.24, 2.45) is 4.99 Å². The van der Waals surface area contributed by atoms with Gasteiger partial charge in [0.15, 0.2) is 0 Å². The Kier molecular flexibility index (Phi) is 2.64. The number of carbonyl (C=O) groups excluding carboxylic acids is 1. The normalized spacial score (nSPS) is 19.3. The van der Waals surface area contributed by atoms with E-state index in [1.165, 1.54) is 5.48 Å². The zero-order valence-electron chi connectivity index (χ0n) is 7.88. The summed E-state index contributed by atoms with van der Waals surface area (Å²) in [5.41, 5.74) is 2.47. The molecule has 1 aliphatic rings. The van der Waals surface area contributed by atoms with Crippen LogP contribution in [-0.4, -0.2) is 23.6 Å². The topological polar surface area (TPSA) is 70.9 Å². The van der Waals surface area contributed by atoms with Crippen LogP contribution in [-0.2, 0) is 9.53 Å². The van der Waals surface area contributed by atoms with Crippen LogP contribution in [0.5, 0.6) is 0 Å². The highest BCUT2D eigenvalue weighted by molar-refractivity contribution is 6.35. The summed E-state index contributed by atoms with van der Waals surface area (Å²) in [5, 5.41) is 8.39. The van der Waals surface area contributed by atoms with Gasteiger partial charge in [-0.25, -0.2) is 10.5 Å². The number of amides is 1. The summed E-state index contributed by atoms with van der Waals surface area (Å²) in [4.78, 5) is 15.0. The van der Waals surface area contributed by atoms with Crippen LogP contribution < -0.4 is 5.48 Å². The fraction of sp³-hybridized carbons (Fsp3) is 0.200. The molecular formula is C10H10N2O3. The first-order valence-corrected chi connectivity index (χ1v) is 4.51. The number of hydroxylamine groups is 1. The van der Waals surface area contributed by atoms with E-state index in [2.05, 4.69) is 4.99 Å². The van der Waals surface area contributed by atoms with Gasteiger partial charge in [-0.05, 0) is 5.56 Å². The molecule has 1 aromatic rings. The highest BCUT2D eigenvalue weighted by Gasteiger charge is 2.24. The molecule has 0 saturated carbocycles. The van der Waals surface area contributed by atoms with Crippen molar-refractivity contribution in [2.45, 2.75) is 6.04 Å². The van der Waals surface area contributed by atoms with Crippen LogP contribution in [0.3, 0.4) is 0 Å². The van der Waals surface area contributed by atoms with Crippen LogP contribution in [0.25, 0.3) is 0 Å². The number of hydrogen-bond donors (Lipinski definition) is 2. The van der Waals surface area contributed by atoms with Crippen molar-refractivity contribution in [3.63, 3.8) is 0 Å². The van der Waals surface area contributed by atoms with Crippen LogP contribution in [0.15, 0.2) is 35.3 Å². The van der Waals surface area contributed by atoms with E-state index in [0.717, 1.165) is 5.56 Å². The number of carbonyl (C=O) groups is 1. The quantitative estimate of drug-likeness (QED) is 0.551. The van der Waals surface area contributed by atoms with Crippen molar-refractivity contribution >= 4 is 11.8 Å². The second-order valence-corrected chi connectivity index (χ2v) is 3.11. The number of hydrogen-bond acceptors (Lipinski definition) is 4. The van der Waals surface area contributed by atoms with E-state index in [9.17, 15) is 4.79 Å². The fourth-order valence-electron chi connectivity index (χ4n) is 1.39. The Balaban J connectivity index is 2.16. The summed E-state index contributed by atoms with van der Waals surface area (Å²) in [5.74, 6) is -0.792. The number of ether oxygens (including phenoxy) is 1. The molecule has 0 unspecified atom stereocenters. The molecule has 1 aliphatic heterocycles. The maximum absolute atomic E-state index is 11.0. The Hall–Kier alpha value is -1.88. The van der Waals surface area contributed by atoms with Crippen molar-refractivity contribution in [1.82, 2.24) is 5.48 Å². The molecule has 0 radical (unpaired) electrons. The van der Waals surface area contributed by atoms with Gasteiger partial charge in [0, 0.05) is 0 Å². The maximum atomic E-state index is 11.0. The zero-order chi connectivity index (χ0) is 10.7. The van der Waals surface area contributed by atoms with E-state index in [-0.39, 0.29) is 11.9 Å². The van der Waals surface area contributed by atoms with E-state index < -0.39 is 5.91 Å². The van der Waals surface area contributed by atoms with Gasteiger partial charge in [0.1, 0.15) is 12.6 Å². The Morgan fingerprint density at radius 3 is 2.87 bits per heavy atom. The molecule has 0 aromatic heterocycles. The SMILES string of the molecule is O=C(NO)C1=N[C@H](c2ccccc2)CO1. The molecule has 78 valence electrons. The fourth-order valence-corrected chi connectivity index (χ4v) is 1.39. The molecule has 1 atom stereocenters. The van der Waals surface area contributed by atoms with Gasteiger partial charge in [0.05, 0.1) is 0 Å². The second-order valence-electron chi connectivity index (χ2n) is 3.11. The monoisotopic (exact) mass is 206 g/mol. The second kappa shape index (κ2) is 4.10. The molecule has 2 N–H and O–H groups in total. The lowest BCUT2D eigenvalue weighted by atomic mass is 10.1. The highest BCUT2D eigenvalue weighted by Crippen LogP contribution is 2.22. The third-order valence-corrected chi connectivity index (χ3v) is 2.13. The third-order valence-electron chi connectivity index (χ3n) is 2.13. The van der Waals surface area contributed by atoms with Crippen LogP contribution in [0.2, 0.25) is 0 Å². The number of nitrogens with zero attached hydrogens (tertiary/aromatic N) is 1. The van der Waals surface area contributed by atoms with Crippen molar-refractivity contribution < 1.29 is 14.7 Å². The molecule has 5 heteroatoms. The van der Waals surface area contributed by atoms with Gasteiger partial charge in [-0.2, -0.15) is 0 Å². The van der Waals surface area contributed by atoms with Gasteiger partial charge in [-0.3, -0.25) is 10.0 Å². The van der Waals surface area contributed by atoms with Crippen molar-refractivity contribution in [2.75, 3.05) is 6.61 Å². The van der Waals surface area contributed by atoms with Gasteiger partial charge in [0.25, 0.3) is 5.90 Å². The lowest BCUT2D eigenvalue weighted by Gasteiger charge is -2.03. The Morgan fingerprint density at radius 1 is 1.47 bits per heavy atom. The lowest BCUT2D eigenvalue weighted by molar-refractivity contribution is -0.123. The van der Waals surface area contributed by atoms with Crippen molar-refractivity contribution in [1.29, 1.82) is 0 Å². The number of nitrogens with one attached hydrogen (secondary N) is 1. The summed E-state index contributed by atoms with van der Waals surface area (Å²) in [6.45, 7) is 0.326. The highest BCUT2D eigenvalue weighted by atomic mass is 16.5. The van der Waals surface area contributed by atoms with E-state index in [1.807, 2.05) is 30.3 Å². The smallest absolute Gasteiger partial charge is 0.329 e. The zero-order valence-corrected chi connectivity index (χ0v) is 7.88. The summed E-state index contributed by atoms with van der Waals surface area (Å²) in [6, 6.07) is 9.36. The van der Waals surface area contributed by atoms with Crippen molar-refractivity contribution in [3.8, 4) is 0 Å². The predicted octanol–water partition coefficient (Wildman–Crippen LogP) is 0.662. The first-order chi connectivity index (χ1) is 7.31. The average molecular weight is 206 g/mol. The van der Waals surface area contributed by atoms with Crippen LogP contribution in [0.4, 0.5) is 0 Å². The molecule has 0 aliphatic carbocycles. The molecule has 5 nitrogen and oxygen atoms in total. The summed E-state index contributed by atoms with van der Waals surface area (Å²) in [6.07, 6.45) is 0. The molecule has 0 saturated heterocycles. The lowest BCUT2D eigenvalue weighted by Crippen LogP contribution is -2.28. The Labute approximate surface area is 86.4 Å². The van der Waals surface area contributed by atoms with E-state index in [0.29, 0.717) is 6.61 Å². The van der Waals surface area contributed by atoms with Crippen LogP contribution in [0, 0.1) is 0 Å². The molecule has 1 heterocycles. The van der Waals surface area contributed by atoms with Crippen LogP contribution in [0.1, 0.15) is 11.6 Å². The molecule has 0 fully saturated rings. The standard InChI is InChI=1S/C10H10N2O3/c13-9(12-14)10-11-8(6-15-10)7-4-2-1-3-5-7/h1-5,8,14H,6H2,(H,12,13)/t8-/m0/s1. The van der Waals surface area contributed by atoms with Gasteiger partial charge in [-0.1, -0.05) is 30.3 Å². The first kappa shape index (κ1) is 9.67. The minimum Gasteiger partial charge on any atom is -0.471 e. The van der Waals surface area contributed by atoms with E-state index >= 15 is 0 Å². The van der Waals surface area contributed by atoms with Gasteiger partial charge in [-0.15, -0.1) is 0 Å². The number of aliphatic imine (C=N–C) groups is 1. The molecule has 0 spiro atoms. The molecule has 0 bridgehead atoms. The van der Waals surface area contributed by atoms with Crippen LogP contribution >= 0.6 is 0 Å². The van der Waals surface area contributed by atoms with E-state index in [4.69, 9.17) is 9.94 Å². The van der Waals surface area contributed by atoms with Gasteiger partial charge >= 0.3 is 5.91 Å². The van der Waals surface area contributed by atoms with E-state index in [1.54, 1.807) is 0 Å². The molecular weight excluding hydrogens is 196 g/mol. The minimum absolute atomic E-state index is 0.0775. The van der Waals surface area contributed by atoms with Crippen molar-refractivity contribution in [3.05, 3.63) is 35.9 Å². The maximum Gasteiger partial charge on any atom is 0.329 e. The summed E-state index contributed by atoms with van der Waals surface area (Å²) in [7, 11) is 0. The minimum atomic E-state index is -0.714. The van der Waals surface area contributed by atoms with Gasteiger partial charge < -0.3 is 4.74 Å². The largest absolute Gasteiger partial charge is 0.471 e. The predicted molar refractivity (Wildman–Crippen MR) is 52.5 cm³/mol. The number of benzene rings is 1. The molecule has 1 amide bonds. The molecule has 1 aromatic carbocycles. The number of rotatable bonds is 2. The average Bonchev–Trinajstić information content (AvgIpc) is 2.78. The van der Waals surface area contributed by atoms with Gasteiger partial charge in [0.2, 0.25) is 0 Å². The third kappa shape index (κ3) is 1.97. The molecule has 2 rings (SSSR count). The molecule has 15 heavy (non-hydrogen) atoms. The Bertz CT molecular complexity index is 389.